The highest BCUT2D eigenvalue weighted by molar-refractivity contribution is 5.66. The molecule has 184 valence electrons. The van der Waals surface area contributed by atoms with E-state index in [1.54, 1.807) is 14.0 Å². The number of carbonyl (C=O) groups is 1. The molecule has 3 aromatic rings. The van der Waals surface area contributed by atoms with Crippen LogP contribution in [0.3, 0.4) is 0 Å². The van der Waals surface area contributed by atoms with E-state index >= 15 is 0 Å². The molecule has 1 aliphatic heterocycles. The van der Waals surface area contributed by atoms with Crippen LogP contribution in [0.2, 0.25) is 0 Å². The number of amides is 1. The van der Waals surface area contributed by atoms with Gasteiger partial charge < -0.3 is 29.3 Å². The summed E-state index contributed by atoms with van der Waals surface area (Å²) in [5.41, 5.74) is 0.213. The van der Waals surface area contributed by atoms with Crippen LogP contribution in [0.4, 0.5) is 4.79 Å². The molecule has 0 spiro atoms. The molecule has 1 heterocycles. The van der Waals surface area contributed by atoms with Crippen molar-refractivity contribution in [2.24, 2.45) is 5.41 Å². The standard InChI is InChI=1S/C28H31NO6/c1-18-28(3,19(2)30)24(17-29(18)27(31)32)20-10-15-25(33-4)26(16-20)35-23-13-11-22(12-14-23)34-21-8-6-5-7-9-21/h5-16,18-19,24,30H,17H2,1-4H3,(H,31,32)/t18?,19-,24-,28-/m0/s1. The van der Waals surface area contributed by atoms with E-state index in [9.17, 15) is 15.0 Å². The predicted octanol–water partition coefficient (Wildman–Crippen LogP) is 6.13. The second-order valence-corrected chi connectivity index (χ2v) is 9.10. The summed E-state index contributed by atoms with van der Waals surface area (Å²) in [5, 5.41) is 20.4. The minimum Gasteiger partial charge on any atom is -0.493 e. The molecule has 7 nitrogen and oxygen atoms in total. The number of nitrogens with zero attached hydrogens (tertiary/aromatic N) is 1. The van der Waals surface area contributed by atoms with Gasteiger partial charge in [-0.2, -0.15) is 0 Å². The molecule has 4 atom stereocenters. The molecule has 0 radical (unpaired) electrons. The maximum Gasteiger partial charge on any atom is 0.407 e. The topological polar surface area (TPSA) is 88.5 Å². The second-order valence-electron chi connectivity index (χ2n) is 9.10. The van der Waals surface area contributed by atoms with Gasteiger partial charge in [-0.1, -0.05) is 31.2 Å². The molecule has 0 saturated carbocycles. The number of aliphatic hydroxyl groups is 1. The van der Waals surface area contributed by atoms with Crippen molar-refractivity contribution in [3.05, 3.63) is 78.4 Å². The fraction of sp³-hybridized carbons (Fsp3) is 0.321. The van der Waals surface area contributed by atoms with Crippen molar-refractivity contribution in [1.82, 2.24) is 4.90 Å². The number of hydrogen-bond acceptors (Lipinski definition) is 5. The molecule has 3 aromatic carbocycles. The number of rotatable bonds is 7. The smallest absolute Gasteiger partial charge is 0.407 e. The van der Waals surface area contributed by atoms with Crippen molar-refractivity contribution in [1.29, 1.82) is 0 Å². The van der Waals surface area contributed by atoms with Crippen molar-refractivity contribution >= 4 is 6.09 Å². The van der Waals surface area contributed by atoms with Crippen LogP contribution in [0.1, 0.15) is 32.3 Å². The Bertz CT molecular complexity index is 1160. The summed E-state index contributed by atoms with van der Waals surface area (Å²) in [7, 11) is 1.57. The van der Waals surface area contributed by atoms with Crippen LogP contribution in [-0.4, -0.2) is 47.0 Å². The van der Waals surface area contributed by atoms with E-state index in [-0.39, 0.29) is 18.5 Å². The molecule has 0 aromatic heterocycles. The van der Waals surface area contributed by atoms with Gasteiger partial charge in [0.05, 0.1) is 13.2 Å². The van der Waals surface area contributed by atoms with Gasteiger partial charge in [0, 0.05) is 23.9 Å². The number of carboxylic acid groups (broad SMARTS) is 1. The summed E-state index contributed by atoms with van der Waals surface area (Å²) in [6.07, 6.45) is -1.70. The average Bonchev–Trinajstić information content (AvgIpc) is 3.13. The summed E-state index contributed by atoms with van der Waals surface area (Å²) in [6.45, 7) is 5.79. The zero-order valence-corrected chi connectivity index (χ0v) is 20.3. The maximum atomic E-state index is 11.8. The molecule has 1 saturated heterocycles. The summed E-state index contributed by atoms with van der Waals surface area (Å²) in [6, 6.07) is 22.0. The third-order valence-electron chi connectivity index (χ3n) is 7.26. The highest BCUT2D eigenvalue weighted by Gasteiger charge is 2.53. The van der Waals surface area contributed by atoms with Gasteiger partial charge in [0.2, 0.25) is 0 Å². The number of aliphatic hydroxyl groups excluding tert-OH is 1. The molecule has 0 bridgehead atoms. The van der Waals surface area contributed by atoms with Crippen molar-refractivity contribution in [2.75, 3.05) is 13.7 Å². The number of hydrogen-bond donors (Lipinski definition) is 2. The molecule has 7 heteroatoms. The Kier molecular flexibility index (Phi) is 6.89. The van der Waals surface area contributed by atoms with Gasteiger partial charge in [-0.3, -0.25) is 0 Å². The van der Waals surface area contributed by atoms with E-state index in [1.807, 2.05) is 86.6 Å². The van der Waals surface area contributed by atoms with E-state index in [4.69, 9.17) is 14.2 Å². The monoisotopic (exact) mass is 477 g/mol. The molecule has 1 amide bonds. The number of para-hydroxylation sites is 1. The summed E-state index contributed by atoms with van der Waals surface area (Å²) < 4.78 is 17.5. The Morgan fingerprint density at radius 2 is 1.57 bits per heavy atom. The van der Waals surface area contributed by atoms with Gasteiger partial charge in [-0.15, -0.1) is 0 Å². The lowest BCUT2D eigenvalue weighted by atomic mass is 9.69. The zero-order valence-electron chi connectivity index (χ0n) is 20.3. The lowest BCUT2D eigenvalue weighted by molar-refractivity contribution is 0.0204. The second kappa shape index (κ2) is 9.88. The SMILES string of the molecule is COc1ccc([C@@H]2CN(C(=O)O)C(C)[C@@]2(C)[C@H](C)O)cc1Oc1ccc(Oc2ccccc2)cc1. The summed E-state index contributed by atoms with van der Waals surface area (Å²) in [5.74, 6) is 2.88. The Morgan fingerprint density at radius 1 is 0.971 bits per heavy atom. The Hall–Kier alpha value is -3.71. The normalized spacial score (nSPS) is 22.5. The quantitative estimate of drug-likeness (QED) is 0.425. The molecular weight excluding hydrogens is 446 g/mol. The fourth-order valence-electron chi connectivity index (χ4n) is 4.84. The molecule has 2 N–H and O–H groups in total. The molecular formula is C28H31NO6. The summed E-state index contributed by atoms with van der Waals surface area (Å²) in [4.78, 5) is 13.2. The summed E-state index contributed by atoms with van der Waals surface area (Å²) >= 11 is 0. The number of methoxy groups -OCH3 is 1. The zero-order chi connectivity index (χ0) is 25.2. The molecule has 0 aliphatic carbocycles. The maximum absolute atomic E-state index is 11.8. The van der Waals surface area contributed by atoms with Crippen molar-refractivity contribution in [3.63, 3.8) is 0 Å². The van der Waals surface area contributed by atoms with Crippen LogP contribution < -0.4 is 14.2 Å². The van der Waals surface area contributed by atoms with E-state index in [0.717, 1.165) is 11.3 Å². The minimum atomic E-state index is -0.991. The highest BCUT2D eigenvalue weighted by atomic mass is 16.5. The van der Waals surface area contributed by atoms with Gasteiger partial charge in [0.1, 0.15) is 17.2 Å². The van der Waals surface area contributed by atoms with E-state index < -0.39 is 17.6 Å². The van der Waals surface area contributed by atoms with Gasteiger partial charge >= 0.3 is 6.09 Å². The first-order valence-corrected chi connectivity index (χ1v) is 11.6. The van der Waals surface area contributed by atoms with E-state index in [1.165, 1.54) is 4.90 Å². The molecule has 35 heavy (non-hydrogen) atoms. The van der Waals surface area contributed by atoms with E-state index in [0.29, 0.717) is 23.0 Å². The third kappa shape index (κ3) is 4.77. The Morgan fingerprint density at radius 3 is 2.14 bits per heavy atom. The number of benzene rings is 3. The van der Waals surface area contributed by atoms with Crippen molar-refractivity contribution in [2.45, 2.75) is 38.8 Å². The molecule has 1 unspecified atom stereocenters. The van der Waals surface area contributed by atoms with Crippen LogP contribution in [-0.2, 0) is 0 Å². The average molecular weight is 478 g/mol. The van der Waals surface area contributed by atoms with Gasteiger partial charge in [0.25, 0.3) is 0 Å². The van der Waals surface area contributed by atoms with Crippen LogP contribution in [0.15, 0.2) is 72.8 Å². The van der Waals surface area contributed by atoms with Gasteiger partial charge in [-0.25, -0.2) is 4.79 Å². The number of likely N-dealkylation sites (tertiary alicyclic amines) is 1. The van der Waals surface area contributed by atoms with E-state index in [2.05, 4.69) is 0 Å². The molecule has 1 fully saturated rings. The lowest BCUT2D eigenvalue weighted by Crippen LogP contribution is -2.45. The lowest BCUT2D eigenvalue weighted by Gasteiger charge is -2.38. The first-order chi connectivity index (χ1) is 16.7. The first kappa shape index (κ1) is 24.4. The largest absolute Gasteiger partial charge is 0.493 e. The third-order valence-corrected chi connectivity index (χ3v) is 7.26. The van der Waals surface area contributed by atoms with Crippen molar-refractivity contribution in [3.8, 4) is 28.7 Å². The Balaban J connectivity index is 1.60. The van der Waals surface area contributed by atoms with Gasteiger partial charge in [-0.05, 0) is 67.9 Å². The molecule has 1 aliphatic rings. The molecule has 4 rings (SSSR count). The minimum absolute atomic E-state index is 0.219. The van der Waals surface area contributed by atoms with Gasteiger partial charge in [0.15, 0.2) is 11.5 Å². The predicted molar refractivity (Wildman–Crippen MR) is 133 cm³/mol. The van der Waals surface area contributed by atoms with Crippen molar-refractivity contribution < 1.29 is 29.2 Å². The van der Waals surface area contributed by atoms with Crippen LogP contribution in [0.5, 0.6) is 28.7 Å². The van der Waals surface area contributed by atoms with Crippen LogP contribution >= 0.6 is 0 Å². The number of ether oxygens (including phenoxy) is 3. The Labute approximate surface area is 205 Å². The highest BCUT2D eigenvalue weighted by Crippen LogP contribution is 2.50. The fourth-order valence-corrected chi connectivity index (χ4v) is 4.84. The first-order valence-electron chi connectivity index (χ1n) is 11.6. The van der Waals surface area contributed by atoms with Crippen LogP contribution in [0.25, 0.3) is 0 Å². The van der Waals surface area contributed by atoms with Crippen LogP contribution in [0, 0.1) is 5.41 Å².